The Balaban J connectivity index is 1.39. The van der Waals surface area contributed by atoms with E-state index in [0.717, 1.165) is 12.0 Å². The molecule has 0 radical (unpaired) electrons. The zero-order valence-electron chi connectivity index (χ0n) is 14.5. The van der Waals surface area contributed by atoms with Crippen molar-refractivity contribution in [2.45, 2.75) is 25.3 Å². The first-order valence-corrected chi connectivity index (χ1v) is 9.00. The van der Waals surface area contributed by atoms with Crippen LogP contribution < -0.4 is 0 Å². The molecule has 2 aliphatic rings. The summed E-state index contributed by atoms with van der Waals surface area (Å²) in [4.78, 5) is 28.8. The SMILES string of the molecule is O=C(CN1CCC(c2ccc(F)cc2)C1=O)N1CCc2ccccc2C1. The number of carbonyl (C=O) groups excluding carboxylic acids is 2. The third-order valence-corrected chi connectivity index (χ3v) is 5.38. The van der Waals surface area contributed by atoms with Crippen LogP contribution in [0.5, 0.6) is 0 Å². The Labute approximate surface area is 152 Å². The predicted octanol–water partition coefficient (Wildman–Crippen LogP) is 2.73. The third kappa shape index (κ3) is 3.21. The minimum absolute atomic E-state index is 0.00684. The van der Waals surface area contributed by atoms with E-state index in [1.54, 1.807) is 17.0 Å². The molecular weight excluding hydrogens is 331 g/mol. The minimum atomic E-state index is -0.309. The highest BCUT2D eigenvalue weighted by Gasteiger charge is 2.34. The highest BCUT2D eigenvalue weighted by atomic mass is 19.1. The summed E-state index contributed by atoms with van der Waals surface area (Å²) in [7, 11) is 0. The maximum absolute atomic E-state index is 13.1. The van der Waals surface area contributed by atoms with Crippen molar-refractivity contribution in [3.8, 4) is 0 Å². The molecule has 0 aromatic heterocycles. The number of halogens is 1. The van der Waals surface area contributed by atoms with Crippen molar-refractivity contribution in [2.24, 2.45) is 0 Å². The van der Waals surface area contributed by atoms with Crippen LogP contribution in [-0.4, -0.2) is 41.2 Å². The van der Waals surface area contributed by atoms with Crippen molar-refractivity contribution in [3.63, 3.8) is 0 Å². The summed E-state index contributed by atoms with van der Waals surface area (Å²) in [5.41, 5.74) is 3.30. The lowest BCUT2D eigenvalue weighted by atomic mass is 9.98. The average molecular weight is 352 g/mol. The van der Waals surface area contributed by atoms with E-state index in [9.17, 15) is 14.0 Å². The lowest BCUT2D eigenvalue weighted by Gasteiger charge is -2.30. The number of hydrogen-bond acceptors (Lipinski definition) is 2. The van der Waals surface area contributed by atoms with Gasteiger partial charge in [0.05, 0.1) is 12.5 Å². The summed E-state index contributed by atoms with van der Waals surface area (Å²) >= 11 is 0. The second-order valence-corrected chi connectivity index (χ2v) is 6.99. The lowest BCUT2D eigenvalue weighted by Crippen LogP contribution is -2.43. The molecule has 0 aliphatic carbocycles. The van der Waals surface area contributed by atoms with Gasteiger partial charge in [-0.05, 0) is 41.7 Å². The number of fused-ring (bicyclic) bond motifs is 1. The first-order valence-electron chi connectivity index (χ1n) is 9.00. The van der Waals surface area contributed by atoms with Gasteiger partial charge in [0.15, 0.2) is 0 Å². The molecule has 1 fully saturated rings. The van der Waals surface area contributed by atoms with Crippen LogP contribution in [-0.2, 0) is 22.6 Å². The number of rotatable bonds is 3. The third-order valence-electron chi connectivity index (χ3n) is 5.38. The van der Waals surface area contributed by atoms with E-state index in [4.69, 9.17) is 0 Å². The summed E-state index contributed by atoms with van der Waals surface area (Å²) in [6.07, 6.45) is 1.52. The van der Waals surface area contributed by atoms with E-state index < -0.39 is 0 Å². The van der Waals surface area contributed by atoms with Crippen molar-refractivity contribution >= 4 is 11.8 Å². The van der Waals surface area contributed by atoms with Crippen molar-refractivity contribution < 1.29 is 14.0 Å². The molecule has 2 heterocycles. The van der Waals surface area contributed by atoms with Gasteiger partial charge in [-0.25, -0.2) is 4.39 Å². The quantitative estimate of drug-likeness (QED) is 0.852. The van der Waals surface area contributed by atoms with Gasteiger partial charge in [0, 0.05) is 19.6 Å². The molecule has 2 amide bonds. The van der Waals surface area contributed by atoms with Crippen LogP contribution >= 0.6 is 0 Å². The van der Waals surface area contributed by atoms with Crippen LogP contribution in [0.4, 0.5) is 4.39 Å². The molecule has 0 bridgehead atoms. The average Bonchev–Trinajstić information content (AvgIpc) is 3.02. The Morgan fingerprint density at radius 2 is 1.77 bits per heavy atom. The molecular formula is C21H21FN2O2. The van der Waals surface area contributed by atoms with Gasteiger partial charge in [-0.3, -0.25) is 9.59 Å². The molecule has 0 spiro atoms. The Hall–Kier alpha value is -2.69. The molecule has 2 aromatic carbocycles. The smallest absolute Gasteiger partial charge is 0.242 e. The molecule has 5 heteroatoms. The number of amides is 2. The van der Waals surface area contributed by atoms with Crippen molar-refractivity contribution in [1.29, 1.82) is 0 Å². The van der Waals surface area contributed by atoms with E-state index in [-0.39, 0.29) is 30.1 Å². The zero-order chi connectivity index (χ0) is 18.1. The molecule has 134 valence electrons. The van der Waals surface area contributed by atoms with Gasteiger partial charge in [0.25, 0.3) is 0 Å². The molecule has 2 aromatic rings. The monoisotopic (exact) mass is 352 g/mol. The highest BCUT2D eigenvalue weighted by Crippen LogP contribution is 2.29. The molecule has 0 saturated carbocycles. The number of benzene rings is 2. The summed E-state index contributed by atoms with van der Waals surface area (Å²) < 4.78 is 13.1. The lowest BCUT2D eigenvalue weighted by molar-refractivity contribution is -0.139. The summed E-state index contributed by atoms with van der Waals surface area (Å²) in [6, 6.07) is 14.2. The van der Waals surface area contributed by atoms with E-state index >= 15 is 0 Å². The summed E-state index contributed by atoms with van der Waals surface area (Å²) in [6.45, 7) is 1.99. The fourth-order valence-corrected chi connectivity index (χ4v) is 3.87. The zero-order valence-corrected chi connectivity index (χ0v) is 14.5. The second-order valence-electron chi connectivity index (χ2n) is 6.99. The Morgan fingerprint density at radius 3 is 2.54 bits per heavy atom. The summed E-state index contributed by atoms with van der Waals surface area (Å²) in [5, 5.41) is 0. The molecule has 2 aliphatic heterocycles. The maximum atomic E-state index is 13.1. The number of hydrogen-bond donors (Lipinski definition) is 0. The summed E-state index contributed by atoms with van der Waals surface area (Å²) in [5.74, 6) is -0.628. The molecule has 26 heavy (non-hydrogen) atoms. The minimum Gasteiger partial charge on any atom is -0.336 e. The Bertz CT molecular complexity index is 834. The van der Waals surface area contributed by atoms with Crippen LogP contribution in [0.2, 0.25) is 0 Å². The normalized spacial score (nSPS) is 19.6. The second kappa shape index (κ2) is 6.90. The first kappa shape index (κ1) is 16.8. The Kier molecular flexibility index (Phi) is 4.45. The van der Waals surface area contributed by atoms with E-state index in [2.05, 4.69) is 12.1 Å². The van der Waals surface area contributed by atoms with Gasteiger partial charge in [-0.2, -0.15) is 0 Å². The van der Waals surface area contributed by atoms with Gasteiger partial charge in [0.2, 0.25) is 11.8 Å². The predicted molar refractivity (Wildman–Crippen MR) is 95.9 cm³/mol. The molecule has 1 atom stereocenters. The van der Waals surface area contributed by atoms with E-state index in [1.165, 1.54) is 23.3 Å². The van der Waals surface area contributed by atoms with Crippen LogP contribution in [0.25, 0.3) is 0 Å². The number of carbonyl (C=O) groups is 2. The molecule has 0 N–H and O–H groups in total. The fraction of sp³-hybridized carbons (Fsp3) is 0.333. The Morgan fingerprint density at radius 1 is 1.04 bits per heavy atom. The highest BCUT2D eigenvalue weighted by molar-refractivity contribution is 5.90. The molecule has 1 unspecified atom stereocenters. The fourth-order valence-electron chi connectivity index (χ4n) is 3.87. The van der Waals surface area contributed by atoms with Crippen molar-refractivity contribution in [3.05, 3.63) is 71.0 Å². The maximum Gasteiger partial charge on any atom is 0.242 e. The number of nitrogens with zero attached hydrogens (tertiary/aromatic N) is 2. The standard InChI is InChI=1S/C21H21FN2O2/c22-18-7-5-16(6-8-18)19-10-12-24(21(19)26)14-20(25)23-11-9-15-3-1-2-4-17(15)13-23/h1-8,19H,9-14H2. The van der Waals surface area contributed by atoms with Crippen LogP contribution in [0.15, 0.2) is 48.5 Å². The van der Waals surface area contributed by atoms with Gasteiger partial charge < -0.3 is 9.80 Å². The van der Waals surface area contributed by atoms with Gasteiger partial charge in [0.1, 0.15) is 5.82 Å². The van der Waals surface area contributed by atoms with E-state index in [0.29, 0.717) is 26.1 Å². The van der Waals surface area contributed by atoms with Gasteiger partial charge in [-0.15, -0.1) is 0 Å². The number of likely N-dealkylation sites (tertiary alicyclic amines) is 1. The van der Waals surface area contributed by atoms with Crippen LogP contribution in [0.1, 0.15) is 29.0 Å². The van der Waals surface area contributed by atoms with E-state index in [1.807, 2.05) is 17.0 Å². The molecule has 4 rings (SSSR count). The van der Waals surface area contributed by atoms with Gasteiger partial charge >= 0.3 is 0 Å². The molecule has 1 saturated heterocycles. The molecule has 4 nitrogen and oxygen atoms in total. The largest absolute Gasteiger partial charge is 0.336 e. The van der Waals surface area contributed by atoms with Crippen LogP contribution in [0, 0.1) is 5.82 Å². The van der Waals surface area contributed by atoms with Gasteiger partial charge in [-0.1, -0.05) is 36.4 Å². The topological polar surface area (TPSA) is 40.6 Å². The first-order chi connectivity index (χ1) is 12.6. The van der Waals surface area contributed by atoms with Crippen molar-refractivity contribution in [1.82, 2.24) is 9.80 Å². The van der Waals surface area contributed by atoms with Crippen molar-refractivity contribution in [2.75, 3.05) is 19.6 Å². The van der Waals surface area contributed by atoms with Crippen LogP contribution in [0.3, 0.4) is 0 Å².